The van der Waals surface area contributed by atoms with Crippen molar-refractivity contribution < 1.29 is 31.3 Å². The Morgan fingerprint density at radius 2 is 1.70 bits per heavy atom. The summed E-state index contributed by atoms with van der Waals surface area (Å²) in [4.78, 5) is -0.0457. The van der Waals surface area contributed by atoms with Crippen molar-refractivity contribution in [3.8, 4) is 0 Å². The van der Waals surface area contributed by atoms with Crippen LogP contribution in [0.25, 0.3) is 10.8 Å². The van der Waals surface area contributed by atoms with Crippen molar-refractivity contribution >= 4 is 26.6 Å². The third-order valence-electron chi connectivity index (χ3n) is 5.07. The van der Waals surface area contributed by atoms with Gasteiger partial charge in [0.1, 0.15) is 4.90 Å². The average Bonchev–Trinajstić information content (AvgIpc) is 2.64. The summed E-state index contributed by atoms with van der Waals surface area (Å²) in [6.45, 7) is 4.88. The molecular weight excluding hydrogens is 419 g/mol. The molecule has 0 heterocycles. The molecule has 0 aromatic heterocycles. The molecule has 2 aromatic carbocycles. The smallest absolute Gasteiger partial charge is 0.411 e. The zero-order chi connectivity index (χ0) is 22.7. The highest BCUT2D eigenvalue weighted by molar-refractivity contribution is 7.86. The van der Waals surface area contributed by atoms with Gasteiger partial charge in [-0.15, -0.1) is 0 Å². The van der Waals surface area contributed by atoms with Crippen LogP contribution in [0.4, 0.5) is 13.2 Å². The second kappa shape index (κ2) is 8.61. The van der Waals surface area contributed by atoms with Gasteiger partial charge in [0.25, 0.3) is 10.1 Å². The Morgan fingerprint density at radius 3 is 2.23 bits per heavy atom. The maximum Gasteiger partial charge on any atom is 0.433 e. The fraction of sp³-hybridized carbons (Fsp3) is 0.286. The monoisotopic (exact) mass is 441 g/mol. The fourth-order valence-corrected chi connectivity index (χ4v) is 3.98. The standard InChI is InChI=1S/C11H14F3NO.C10H8O3S/c1-7-4-5-10(3,8(2)6-7)9(15-16)11(12,13)14;11-14(12,13)10-7-3-5-8-4-1-2-6-9(8)10/h4,6,16H,5H2,1-3H3;1-7H,(H,11,12,13). The number of allylic oxidation sites excluding steroid dienone is 4. The molecule has 162 valence electrons. The van der Waals surface area contributed by atoms with Gasteiger partial charge in [-0.3, -0.25) is 4.55 Å². The second-order valence-electron chi connectivity index (χ2n) is 7.21. The van der Waals surface area contributed by atoms with Gasteiger partial charge in [-0.1, -0.05) is 64.9 Å². The highest BCUT2D eigenvalue weighted by atomic mass is 32.2. The number of rotatable bonds is 2. The van der Waals surface area contributed by atoms with E-state index in [4.69, 9.17) is 9.76 Å². The maximum absolute atomic E-state index is 12.7. The largest absolute Gasteiger partial charge is 0.433 e. The van der Waals surface area contributed by atoms with Crippen LogP contribution in [0, 0.1) is 5.41 Å². The van der Waals surface area contributed by atoms with Gasteiger partial charge in [0.05, 0.1) is 0 Å². The normalized spacial score (nSPS) is 20.2. The Kier molecular flexibility index (Phi) is 6.78. The van der Waals surface area contributed by atoms with Gasteiger partial charge in [-0.25, -0.2) is 0 Å². The summed E-state index contributed by atoms with van der Waals surface area (Å²) >= 11 is 0. The summed E-state index contributed by atoms with van der Waals surface area (Å²) in [7, 11) is -4.13. The molecule has 1 aliphatic carbocycles. The molecule has 0 aliphatic heterocycles. The van der Waals surface area contributed by atoms with Crippen molar-refractivity contribution in [2.75, 3.05) is 0 Å². The molecule has 0 radical (unpaired) electrons. The van der Waals surface area contributed by atoms with E-state index in [1.54, 1.807) is 49.4 Å². The van der Waals surface area contributed by atoms with Gasteiger partial charge in [0, 0.05) is 10.8 Å². The molecule has 0 saturated heterocycles. The summed E-state index contributed by atoms with van der Waals surface area (Å²) in [5, 5.41) is 12.4. The predicted molar refractivity (Wildman–Crippen MR) is 109 cm³/mol. The van der Waals surface area contributed by atoms with Crippen LogP contribution in [-0.4, -0.2) is 30.1 Å². The lowest BCUT2D eigenvalue weighted by atomic mass is 9.72. The van der Waals surface area contributed by atoms with Gasteiger partial charge in [0.2, 0.25) is 0 Å². The molecular formula is C21H22F3NO4S. The molecule has 9 heteroatoms. The molecule has 2 N–H and O–H groups in total. The minimum absolute atomic E-state index is 0.0457. The van der Waals surface area contributed by atoms with Gasteiger partial charge in [-0.2, -0.15) is 21.6 Å². The molecule has 3 rings (SSSR count). The lowest BCUT2D eigenvalue weighted by Crippen LogP contribution is -2.40. The van der Waals surface area contributed by atoms with Crippen LogP contribution in [0.5, 0.6) is 0 Å². The van der Waals surface area contributed by atoms with E-state index in [9.17, 15) is 21.6 Å². The van der Waals surface area contributed by atoms with Gasteiger partial charge in [-0.05, 0) is 38.6 Å². The van der Waals surface area contributed by atoms with E-state index >= 15 is 0 Å². The summed E-state index contributed by atoms with van der Waals surface area (Å²) in [6, 6.07) is 11.8. The van der Waals surface area contributed by atoms with E-state index in [2.05, 4.69) is 5.16 Å². The number of alkyl halides is 3. The van der Waals surface area contributed by atoms with Crippen molar-refractivity contribution in [2.24, 2.45) is 10.6 Å². The molecule has 0 amide bonds. The molecule has 0 bridgehead atoms. The lowest BCUT2D eigenvalue weighted by Gasteiger charge is -2.33. The fourth-order valence-electron chi connectivity index (χ4n) is 3.27. The first kappa shape index (κ1) is 23.6. The molecule has 2 aromatic rings. The minimum atomic E-state index is -4.61. The van der Waals surface area contributed by atoms with Gasteiger partial charge in [0.15, 0.2) is 5.71 Å². The Balaban J connectivity index is 0.000000215. The predicted octanol–water partition coefficient (Wildman–Crippen LogP) is 5.77. The van der Waals surface area contributed by atoms with Crippen molar-refractivity contribution in [1.82, 2.24) is 0 Å². The summed E-state index contributed by atoms with van der Waals surface area (Å²) in [5.41, 5.74) is -0.934. The van der Waals surface area contributed by atoms with Crippen molar-refractivity contribution in [1.29, 1.82) is 0 Å². The number of halogens is 3. The number of oxime groups is 1. The van der Waals surface area contributed by atoms with Gasteiger partial charge < -0.3 is 5.21 Å². The quantitative estimate of drug-likeness (QED) is 0.268. The SMILES string of the molecule is CC1=CCC(C)(C(=NO)C(F)(F)F)C(C)=C1.O=S(=O)(O)c1cccc2ccccc12. The van der Waals surface area contributed by atoms with E-state index in [1.807, 2.05) is 13.0 Å². The lowest BCUT2D eigenvalue weighted by molar-refractivity contribution is -0.0675. The molecule has 1 atom stereocenters. The zero-order valence-corrected chi connectivity index (χ0v) is 17.4. The van der Waals surface area contributed by atoms with E-state index in [0.29, 0.717) is 11.0 Å². The Hall–Kier alpha value is -2.65. The van der Waals surface area contributed by atoms with Crippen LogP contribution in [0.15, 0.2) is 75.8 Å². The van der Waals surface area contributed by atoms with Crippen molar-refractivity contribution in [3.05, 3.63) is 65.8 Å². The molecule has 0 spiro atoms. The van der Waals surface area contributed by atoms with Crippen LogP contribution in [0.3, 0.4) is 0 Å². The summed E-state index contributed by atoms with van der Waals surface area (Å²) < 4.78 is 69.0. The highest BCUT2D eigenvalue weighted by Gasteiger charge is 2.49. The topological polar surface area (TPSA) is 87.0 Å². The van der Waals surface area contributed by atoms with Crippen LogP contribution in [0.2, 0.25) is 0 Å². The van der Waals surface area contributed by atoms with E-state index in [1.165, 1.54) is 13.0 Å². The number of fused-ring (bicyclic) bond motifs is 1. The average molecular weight is 441 g/mol. The minimum Gasteiger partial charge on any atom is -0.411 e. The van der Waals surface area contributed by atoms with Crippen LogP contribution < -0.4 is 0 Å². The summed E-state index contributed by atoms with van der Waals surface area (Å²) in [6.07, 6.45) is -1.03. The first-order valence-corrected chi connectivity index (χ1v) is 10.3. The number of benzene rings is 2. The highest BCUT2D eigenvalue weighted by Crippen LogP contribution is 2.42. The van der Waals surface area contributed by atoms with E-state index in [0.717, 1.165) is 11.0 Å². The Labute approximate surface area is 173 Å². The number of hydrogen-bond acceptors (Lipinski definition) is 4. The second-order valence-corrected chi connectivity index (χ2v) is 8.60. The third kappa shape index (κ3) is 5.09. The van der Waals surface area contributed by atoms with Crippen molar-refractivity contribution in [2.45, 2.75) is 38.3 Å². The third-order valence-corrected chi connectivity index (χ3v) is 5.98. The van der Waals surface area contributed by atoms with Crippen LogP contribution in [0.1, 0.15) is 27.2 Å². The molecule has 0 fully saturated rings. The van der Waals surface area contributed by atoms with Crippen LogP contribution >= 0.6 is 0 Å². The number of nitrogens with zero attached hydrogens (tertiary/aromatic N) is 1. The summed E-state index contributed by atoms with van der Waals surface area (Å²) in [5.74, 6) is 0. The van der Waals surface area contributed by atoms with E-state index in [-0.39, 0.29) is 11.3 Å². The number of hydrogen-bond donors (Lipinski definition) is 2. The molecule has 1 aliphatic rings. The van der Waals surface area contributed by atoms with E-state index < -0.39 is 27.4 Å². The zero-order valence-electron chi connectivity index (χ0n) is 16.6. The Morgan fingerprint density at radius 1 is 1.10 bits per heavy atom. The Bertz CT molecular complexity index is 1130. The first-order chi connectivity index (χ1) is 13.8. The molecule has 30 heavy (non-hydrogen) atoms. The first-order valence-electron chi connectivity index (χ1n) is 8.91. The van der Waals surface area contributed by atoms with Crippen LogP contribution in [-0.2, 0) is 10.1 Å². The van der Waals surface area contributed by atoms with Gasteiger partial charge >= 0.3 is 6.18 Å². The molecule has 1 unspecified atom stereocenters. The molecule has 5 nitrogen and oxygen atoms in total. The van der Waals surface area contributed by atoms with Crippen molar-refractivity contribution in [3.63, 3.8) is 0 Å². The molecule has 0 saturated carbocycles. The maximum atomic E-state index is 12.7.